The van der Waals surface area contributed by atoms with Crippen LogP contribution in [0.5, 0.6) is 17.2 Å². The first-order valence-electron chi connectivity index (χ1n) is 9.08. The van der Waals surface area contributed by atoms with E-state index in [1.165, 1.54) is 0 Å². The Morgan fingerprint density at radius 1 is 0.920 bits per heavy atom. The van der Waals surface area contributed by atoms with Gasteiger partial charge in [0.15, 0.2) is 11.5 Å². The normalized spacial score (nSPS) is 11.1. The topological polar surface area (TPSA) is 27.7 Å². The Labute approximate surface area is 156 Å². The smallest absolute Gasteiger partial charge is 0.169 e. The Morgan fingerprint density at radius 3 is 2.32 bits per heavy atom. The summed E-state index contributed by atoms with van der Waals surface area (Å²) in [6.07, 6.45) is 4.38. The Bertz CT molecular complexity index is 655. The molecule has 0 N–H and O–H groups in total. The maximum Gasteiger partial charge on any atom is 0.169 e. The summed E-state index contributed by atoms with van der Waals surface area (Å²) >= 11 is 5.71. The first-order valence-corrected chi connectivity index (χ1v) is 9.62. The SMILES string of the molecule is COc1cc(OCCCCCCCl)c2ccccc2c1OCC(C)C. The van der Waals surface area contributed by atoms with Crippen molar-refractivity contribution in [3.8, 4) is 17.2 Å². The molecule has 0 amide bonds. The standard InChI is InChI=1S/C21H29ClO3/c1-16(2)15-25-21-18-11-7-6-10-17(18)19(14-20(21)23-3)24-13-9-5-4-8-12-22/h6-7,10-11,14,16H,4-5,8-9,12-13,15H2,1-3H3. The lowest BCUT2D eigenvalue weighted by Crippen LogP contribution is -2.06. The highest BCUT2D eigenvalue weighted by molar-refractivity contribution is 6.17. The lowest BCUT2D eigenvalue weighted by Gasteiger charge is -2.18. The van der Waals surface area contributed by atoms with Crippen molar-refractivity contribution in [1.29, 1.82) is 0 Å². The van der Waals surface area contributed by atoms with Gasteiger partial charge in [-0.15, -0.1) is 11.6 Å². The monoisotopic (exact) mass is 364 g/mol. The summed E-state index contributed by atoms with van der Waals surface area (Å²) in [7, 11) is 1.67. The van der Waals surface area contributed by atoms with Crippen molar-refractivity contribution in [2.75, 3.05) is 26.2 Å². The zero-order valence-corrected chi connectivity index (χ0v) is 16.3. The zero-order valence-electron chi connectivity index (χ0n) is 15.5. The molecule has 138 valence electrons. The van der Waals surface area contributed by atoms with Gasteiger partial charge >= 0.3 is 0 Å². The molecule has 4 heteroatoms. The van der Waals surface area contributed by atoms with Crippen molar-refractivity contribution in [2.24, 2.45) is 5.92 Å². The van der Waals surface area contributed by atoms with Gasteiger partial charge in [0.05, 0.1) is 20.3 Å². The maximum atomic E-state index is 6.05. The molecular weight excluding hydrogens is 336 g/mol. The minimum atomic E-state index is 0.451. The van der Waals surface area contributed by atoms with Crippen LogP contribution in [-0.2, 0) is 0 Å². The van der Waals surface area contributed by atoms with E-state index in [1.807, 2.05) is 18.2 Å². The third-order valence-corrected chi connectivity index (χ3v) is 4.26. The van der Waals surface area contributed by atoms with Crippen molar-refractivity contribution in [1.82, 2.24) is 0 Å². The number of fused-ring (bicyclic) bond motifs is 1. The molecule has 0 aliphatic rings. The molecule has 2 aromatic carbocycles. The molecule has 0 bridgehead atoms. The Kier molecular flexibility index (Phi) is 8.20. The van der Waals surface area contributed by atoms with Crippen LogP contribution in [0.3, 0.4) is 0 Å². The molecule has 0 saturated carbocycles. The number of benzene rings is 2. The van der Waals surface area contributed by atoms with E-state index in [2.05, 4.69) is 26.0 Å². The summed E-state index contributed by atoms with van der Waals surface area (Å²) in [5, 5.41) is 2.09. The lowest BCUT2D eigenvalue weighted by atomic mass is 10.1. The molecule has 0 aromatic heterocycles. The van der Waals surface area contributed by atoms with Gasteiger partial charge in [-0.05, 0) is 18.8 Å². The van der Waals surface area contributed by atoms with Gasteiger partial charge in [0.2, 0.25) is 0 Å². The molecule has 25 heavy (non-hydrogen) atoms. The fraction of sp³-hybridized carbons (Fsp3) is 0.524. The second-order valence-electron chi connectivity index (χ2n) is 6.61. The molecule has 0 fully saturated rings. The van der Waals surface area contributed by atoms with Crippen LogP contribution >= 0.6 is 11.6 Å². The van der Waals surface area contributed by atoms with Gasteiger partial charge < -0.3 is 14.2 Å². The molecule has 2 aromatic rings. The summed E-state index contributed by atoms with van der Waals surface area (Å²) < 4.78 is 17.7. The van der Waals surface area contributed by atoms with E-state index in [9.17, 15) is 0 Å². The minimum absolute atomic E-state index is 0.451. The van der Waals surface area contributed by atoms with E-state index in [0.29, 0.717) is 19.1 Å². The van der Waals surface area contributed by atoms with Gasteiger partial charge in [-0.1, -0.05) is 51.0 Å². The molecule has 0 atom stereocenters. The van der Waals surface area contributed by atoms with E-state index in [0.717, 1.165) is 59.6 Å². The molecule has 0 aliphatic heterocycles. The number of alkyl halides is 1. The van der Waals surface area contributed by atoms with Crippen LogP contribution in [0.2, 0.25) is 0 Å². The van der Waals surface area contributed by atoms with Crippen molar-refractivity contribution in [3.05, 3.63) is 30.3 Å². The largest absolute Gasteiger partial charge is 0.493 e. The van der Waals surface area contributed by atoms with Gasteiger partial charge in [-0.3, -0.25) is 0 Å². The van der Waals surface area contributed by atoms with Crippen LogP contribution in [0.1, 0.15) is 39.5 Å². The van der Waals surface area contributed by atoms with E-state index in [4.69, 9.17) is 25.8 Å². The highest BCUT2D eigenvalue weighted by Crippen LogP contribution is 2.41. The molecule has 0 saturated heterocycles. The number of unbranched alkanes of at least 4 members (excludes halogenated alkanes) is 3. The Morgan fingerprint density at radius 2 is 1.64 bits per heavy atom. The van der Waals surface area contributed by atoms with Crippen LogP contribution in [0.4, 0.5) is 0 Å². The van der Waals surface area contributed by atoms with Crippen molar-refractivity contribution in [3.63, 3.8) is 0 Å². The van der Waals surface area contributed by atoms with Gasteiger partial charge in [-0.2, -0.15) is 0 Å². The number of halogens is 1. The lowest BCUT2D eigenvalue weighted by molar-refractivity contribution is 0.258. The molecule has 0 radical (unpaired) electrons. The maximum absolute atomic E-state index is 6.05. The number of hydrogen-bond acceptors (Lipinski definition) is 3. The first-order chi connectivity index (χ1) is 12.2. The fourth-order valence-corrected chi connectivity index (χ4v) is 2.88. The molecule has 2 rings (SSSR count). The predicted octanol–water partition coefficient (Wildman–Crippen LogP) is 6.06. The van der Waals surface area contributed by atoms with Crippen LogP contribution in [0.15, 0.2) is 30.3 Å². The van der Waals surface area contributed by atoms with E-state index in [-0.39, 0.29) is 0 Å². The number of methoxy groups -OCH3 is 1. The molecule has 3 nitrogen and oxygen atoms in total. The molecule has 0 spiro atoms. The summed E-state index contributed by atoms with van der Waals surface area (Å²) in [5.41, 5.74) is 0. The highest BCUT2D eigenvalue weighted by Gasteiger charge is 2.15. The molecule has 0 unspecified atom stereocenters. The first kappa shape index (κ1) is 19.7. The van der Waals surface area contributed by atoms with Crippen LogP contribution < -0.4 is 14.2 Å². The fourth-order valence-electron chi connectivity index (χ4n) is 2.69. The second kappa shape index (κ2) is 10.4. The Hall–Kier alpha value is -1.61. The van der Waals surface area contributed by atoms with Gasteiger partial charge in [0.25, 0.3) is 0 Å². The van der Waals surface area contributed by atoms with Crippen LogP contribution in [0, 0.1) is 5.92 Å². The third-order valence-electron chi connectivity index (χ3n) is 3.99. The number of hydrogen-bond donors (Lipinski definition) is 0. The van der Waals surface area contributed by atoms with Crippen molar-refractivity contribution < 1.29 is 14.2 Å². The summed E-state index contributed by atoms with van der Waals surface area (Å²) in [5.74, 6) is 3.55. The average molecular weight is 365 g/mol. The Balaban J connectivity index is 2.18. The summed E-state index contributed by atoms with van der Waals surface area (Å²) in [4.78, 5) is 0. The second-order valence-corrected chi connectivity index (χ2v) is 6.99. The average Bonchev–Trinajstić information content (AvgIpc) is 2.62. The predicted molar refractivity (Wildman–Crippen MR) is 106 cm³/mol. The van der Waals surface area contributed by atoms with E-state index < -0.39 is 0 Å². The quantitative estimate of drug-likeness (QED) is 0.358. The number of ether oxygens (including phenoxy) is 3. The summed E-state index contributed by atoms with van der Waals surface area (Å²) in [6, 6.07) is 10.1. The zero-order chi connectivity index (χ0) is 18.1. The van der Waals surface area contributed by atoms with Gasteiger partial charge in [0, 0.05) is 22.7 Å². The van der Waals surface area contributed by atoms with Crippen molar-refractivity contribution >= 4 is 22.4 Å². The molecule has 0 heterocycles. The number of rotatable bonds is 11. The van der Waals surface area contributed by atoms with E-state index >= 15 is 0 Å². The summed E-state index contributed by atoms with van der Waals surface area (Å²) in [6.45, 7) is 5.62. The van der Waals surface area contributed by atoms with Gasteiger partial charge in [0.1, 0.15) is 5.75 Å². The van der Waals surface area contributed by atoms with Crippen LogP contribution in [-0.4, -0.2) is 26.2 Å². The minimum Gasteiger partial charge on any atom is -0.493 e. The van der Waals surface area contributed by atoms with Crippen LogP contribution in [0.25, 0.3) is 10.8 Å². The molecule has 0 aliphatic carbocycles. The van der Waals surface area contributed by atoms with E-state index in [1.54, 1.807) is 7.11 Å². The molecular formula is C21H29ClO3. The van der Waals surface area contributed by atoms with Crippen molar-refractivity contribution in [2.45, 2.75) is 39.5 Å². The third kappa shape index (κ3) is 5.71. The van der Waals surface area contributed by atoms with Gasteiger partial charge in [-0.25, -0.2) is 0 Å². The highest BCUT2D eigenvalue weighted by atomic mass is 35.5.